The number of halogens is 1. The van der Waals surface area contributed by atoms with Gasteiger partial charge in [-0.25, -0.2) is 9.07 Å². The van der Waals surface area contributed by atoms with E-state index in [0.29, 0.717) is 30.0 Å². The highest BCUT2D eigenvalue weighted by molar-refractivity contribution is 7.98. The van der Waals surface area contributed by atoms with Gasteiger partial charge in [0.2, 0.25) is 5.91 Å². The number of aryl methyl sites for hydroxylation is 1. The van der Waals surface area contributed by atoms with Gasteiger partial charge in [0, 0.05) is 24.8 Å². The van der Waals surface area contributed by atoms with Gasteiger partial charge in [0.15, 0.2) is 0 Å². The zero-order valence-corrected chi connectivity index (χ0v) is 14.0. The smallest absolute Gasteiger partial charge is 0.228 e. The van der Waals surface area contributed by atoms with Gasteiger partial charge in [0.1, 0.15) is 5.82 Å². The Morgan fingerprint density at radius 1 is 1.52 bits per heavy atom. The molecule has 1 amide bonds. The molecule has 0 N–H and O–H groups in total. The minimum Gasteiger partial charge on any atom is -0.305 e. The quantitative estimate of drug-likeness (QED) is 0.731. The van der Waals surface area contributed by atoms with Crippen molar-refractivity contribution in [1.29, 1.82) is 0 Å². The average molecular weight is 334 g/mol. The Morgan fingerprint density at radius 2 is 2.30 bits per heavy atom. The third kappa shape index (κ3) is 4.19. The molecule has 0 aliphatic carbocycles. The Labute approximate surface area is 139 Å². The van der Waals surface area contributed by atoms with Crippen LogP contribution in [0.5, 0.6) is 0 Å². The predicted octanol–water partition coefficient (Wildman–Crippen LogP) is 2.99. The van der Waals surface area contributed by atoms with Crippen molar-refractivity contribution in [3.8, 4) is 5.69 Å². The number of amides is 1. The number of carbonyl (C=O) groups is 1. The van der Waals surface area contributed by atoms with E-state index >= 15 is 0 Å². The molecular formula is C16H19FN4OS. The number of nitrogens with zero attached hydrogens (tertiary/aromatic N) is 4. The van der Waals surface area contributed by atoms with Crippen molar-refractivity contribution in [1.82, 2.24) is 14.8 Å². The lowest BCUT2D eigenvalue weighted by Gasteiger charge is -2.20. The van der Waals surface area contributed by atoms with Gasteiger partial charge in [-0.15, -0.1) is 6.58 Å². The fraction of sp³-hybridized carbons (Fsp3) is 0.312. The highest BCUT2D eigenvalue weighted by Crippen LogP contribution is 2.22. The largest absolute Gasteiger partial charge is 0.305 e. The molecule has 0 aliphatic rings. The summed E-state index contributed by atoms with van der Waals surface area (Å²) >= 11 is 1.62. The number of carbonyl (C=O) groups excluding carboxylic acids is 1. The molecule has 2 heterocycles. The molecule has 2 rings (SSSR count). The molecular weight excluding hydrogens is 315 g/mol. The number of rotatable bonds is 7. The number of hydrogen-bond donors (Lipinski definition) is 0. The average Bonchev–Trinajstić information content (AvgIpc) is 2.92. The van der Waals surface area contributed by atoms with Crippen LogP contribution in [0, 0.1) is 12.7 Å². The number of pyridine rings is 1. The van der Waals surface area contributed by atoms with Crippen LogP contribution in [0.2, 0.25) is 0 Å². The maximum absolute atomic E-state index is 13.3. The first-order valence-electron chi connectivity index (χ1n) is 7.14. The summed E-state index contributed by atoms with van der Waals surface area (Å²) in [5, 5.41) is 4.36. The van der Waals surface area contributed by atoms with E-state index in [1.54, 1.807) is 28.9 Å². The molecule has 2 aromatic rings. The lowest BCUT2D eigenvalue weighted by Crippen LogP contribution is -2.31. The molecule has 122 valence electrons. The van der Waals surface area contributed by atoms with Crippen LogP contribution in [0.15, 0.2) is 37.3 Å². The van der Waals surface area contributed by atoms with Crippen LogP contribution in [0.25, 0.3) is 5.69 Å². The van der Waals surface area contributed by atoms with Gasteiger partial charge in [0.25, 0.3) is 0 Å². The third-order valence-corrected chi connectivity index (χ3v) is 3.86. The van der Waals surface area contributed by atoms with Crippen LogP contribution in [-0.4, -0.2) is 39.2 Å². The normalized spacial score (nSPS) is 10.6. The van der Waals surface area contributed by atoms with Gasteiger partial charge >= 0.3 is 0 Å². The SMILES string of the molecule is C=CCN(C(=O)CCSC)c1cn(-c2cncc(F)c2)nc1C. The maximum atomic E-state index is 13.3. The molecule has 0 bridgehead atoms. The van der Waals surface area contributed by atoms with Crippen molar-refractivity contribution >= 4 is 23.4 Å². The van der Waals surface area contributed by atoms with E-state index in [1.165, 1.54) is 16.9 Å². The summed E-state index contributed by atoms with van der Waals surface area (Å²) in [6.45, 7) is 5.93. The highest BCUT2D eigenvalue weighted by Gasteiger charge is 2.19. The summed E-state index contributed by atoms with van der Waals surface area (Å²) in [7, 11) is 0. The first kappa shape index (κ1) is 17.2. The van der Waals surface area contributed by atoms with Crippen LogP contribution < -0.4 is 4.90 Å². The van der Waals surface area contributed by atoms with Crippen LogP contribution in [-0.2, 0) is 4.79 Å². The minimum atomic E-state index is -0.434. The molecule has 7 heteroatoms. The Balaban J connectivity index is 2.33. The van der Waals surface area contributed by atoms with Crippen molar-refractivity contribution in [3.05, 3.63) is 48.8 Å². The Morgan fingerprint density at radius 3 is 2.96 bits per heavy atom. The molecule has 0 radical (unpaired) electrons. The van der Waals surface area contributed by atoms with Crippen molar-refractivity contribution in [2.45, 2.75) is 13.3 Å². The van der Waals surface area contributed by atoms with Gasteiger partial charge in [-0.1, -0.05) is 6.08 Å². The fourth-order valence-corrected chi connectivity index (χ4v) is 2.54. The van der Waals surface area contributed by atoms with E-state index < -0.39 is 5.82 Å². The second kappa shape index (κ2) is 7.92. The fourth-order valence-electron chi connectivity index (χ4n) is 2.16. The molecule has 0 spiro atoms. The summed E-state index contributed by atoms with van der Waals surface area (Å²) < 4.78 is 14.8. The van der Waals surface area contributed by atoms with Gasteiger partial charge in [0.05, 0.1) is 35.7 Å². The van der Waals surface area contributed by atoms with Crippen molar-refractivity contribution in [2.75, 3.05) is 23.5 Å². The van der Waals surface area contributed by atoms with Gasteiger partial charge < -0.3 is 4.90 Å². The molecule has 0 saturated heterocycles. The number of thioether (sulfide) groups is 1. The van der Waals surface area contributed by atoms with Crippen LogP contribution in [0.1, 0.15) is 12.1 Å². The third-order valence-electron chi connectivity index (χ3n) is 3.25. The molecule has 0 fully saturated rings. The van der Waals surface area contributed by atoms with E-state index in [9.17, 15) is 9.18 Å². The molecule has 2 aromatic heterocycles. The van der Waals surface area contributed by atoms with E-state index in [4.69, 9.17) is 0 Å². The molecule has 0 atom stereocenters. The van der Waals surface area contributed by atoms with Crippen LogP contribution >= 0.6 is 11.8 Å². The molecule has 0 aromatic carbocycles. The Hall–Kier alpha value is -2.15. The Bertz CT molecular complexity index is 701. The molecule has 0 saturated carbocycles. The summed E-state index contributed by atoms with van der Waals surface area (Å²) in [6, 6.07) is 1.34. The summed E-state index contributed by atoms with van der Waals surface area (Å²) in [4.78, 5) is 17.9. The molecule has 23 heavy (non-hydrogen) atoms. The van der Waals surface area contributed by atoms with Gasteiger partial charge in [-0.3, -0.25) is 9.78 Å². The van der Waals surface area contributed by atoms with Crippen molar-refractivity contribution in [2.24, 2.45) is 0 Å². The van der Waals surface area contributed by atoms with E-state index in [-0.39, 0.29) is 5.91 Å². The van der Waals surface area contributed by atoms with Gasteiger partial charge in [-0.05, 0) is 13.2 Å². The van der Waals surface area contributed by atoms with Crippen LogP contribution in [0.3, 0.4) is 0 Å². The predicted molar refractivity (Wildman–Crippen MR) is 91.6 cm³/mol. The van der Waals surface area contributed by atoms with Gasteiger partial charge in [-0.2, -0.15) is 16.9 Å². The maximum Gasteiger partial charge on any atom is 0.228 e. The number of anilines is 1. The minimum absolute atomic E-state index is 0.0132. The van der Waals surface area contributed by atoms with Crippen molar-refractivity contribution in [3.63, 3.8) is 0 Å². The number of hydrogen-bond acceptors (Lipinski definition) is 4. The second-order valence-electron chi connectivity index (χ2n) is 4.94. The monoisotopic (exact) mass is 334 g/mol. The topological polar surface area (TPSA) is 51.0 Å². The standard InChI is InChI=1S/C16H19FN4OS/c1-4-6-20(16(22)5-7-23-3)15-11-21(19-12(15)2)14-8-13(17)9-18-10-14/h4,8-11H,1,5-7H2,2-3H3. The van der Waals surface area contributed by atoms with E-state index in [0.717, 1.165) is 11.9 Å². The molecule has 0 aliphatic heterocycles. The second-order valence-corrected chi connectivity index (χ2v) is 5.93. The lowest BCUT2D eigenvalue weighted by molar-refractivity contribution is -0.118. The summed E-state index contributed by atoms with van der Waals surface area (Å²) in [5.74, 6) is 0.337. The zero-order chi connectivity index (χ0) is 16.8. The molecule has 0 unspecified atom stereocenters. The highest BCUT2D eigenvalue weighted by atomic mass is 32.2. The summed E-state index contributed by atoms with van der Waals surface area (Å²) in [5.41, 5.74) is 1.89. The Kier molecular flexibility index (Phi) is 5.92. The zero-order valence-electron chi connectivity index (χ0n) is 13.2. The van der Waals surface area contributed by atoms with E-state index in [1.807, 2.05) is 13.2 Å². The first-order valence-corrected chi connectivity index (χ1v) is 8.53. The summed E-state index contributed by atoms with van der Waals surface area (Å²) in [6.07, 6.45) is 8.46. The lowest BCUT2D eigenvalue weighted by atomic mass is 10.3. The van der Waals surface area contributed by atoms with E-state index in [2.05, 4.69) is 16.7 Å². The van der Waals surface area contributed by atoms with Crippen molar-refractivity contribution < 1.29 is 9.18 Å². The number of aromatic nitrogens is 3. The van der Waals surface area contributed by atoms with Crippen LogP contribution in [0.4, 0.5) is 10.1 Å². The first-order chi connectivity index (χ1) is 11.1. The molecule has 5 nitrogen and oxygen atoms in total.